The molecule has 4 heteroatoms. The molecule has 0 bridgehead atoms. The van der Waals surface area contributed by atoms with Crippen LogP contribution in [-0.4, -0.2) is 37.1 Å². The maximum absolute atomic E-state index is 11.8. The number of allylic oxidation sites excluding steroid dienone is 1. The first kappa shape index (κ1) is 11.7. The van der Waals surface area contributed by atoms with E-state index in [9.17, 15) is 4.79 Å². The Labute approximate surface area is 93.2 Å². The van der Waals surface area contributed by atoms with E-state index in [1.807, 2.05) is 24.8 Å². The zero-order chi connectivity index (χ0) is 10.6. The van der Waals surface area contributed by atoms with Crippen molar-refractivity contribution in [2.75, 3.05) is 26.3 Å². The van der Waals surface area contributed by atoms with Crippen molar-refractivity contribution in [3.63, 3.8) is 0 Å². The summed E-state index contributed by atoms with van der Waals surface area (Å²) in [7, 11) is 0. The molecule has 0 aromatic heterocycles. The number of halogens is 1. The number of hydrogen-bond acceptors (Lipinski definition) is 2. The van der Waals surface area contributed by atoms with Gasteiger partial charge in [0.25, 0.3) is 5.91 Å². The van der Waals surface area contributed by atoms with Gasteiger partial charge in [0.15, 0.2) is 0 Å². The van der Waals surface area contributed by atoms with E-state index in [2.05, 4.69) is 15.9 Å². The van der Waals surface area contributed by atoms with E-state index in [4.69, 9.17) is 4.74 Å². The predicted molar refractivity (Wildman–Crippen MR) is 59.2 cm³/mol. The SMILES string of the molecule is CC(C)/C=C(\Br)C(=O)N1CCOCC1. The fourth-order valence-electron chi connectivity index (χ4n) is 1.28. The lowest BCUT2D eigenvalue weighted by Crippen LogP contribution is -2.40. The van der Waals surface area contributed by atoms with Crippen LogP contribution in [0.25, 0.3) is 0 Å². The summed E-state index contributed by atoms with van der Waals surface area (Å²) in [5.74, 6) is 0.455. The third kappa shape index (κ3) is 3.42. The Morgan fingerprint density at radius 1 is 1.43 bits per heavy atom. The smallest absolute Gasteiger partial charge is 0.260 e. The molecular formula is C10H16BrNO2. The Balaban J connectivity index is 2.54. The van der Waals surface area contributed by atoms with Crippen LogP contribution >= 0.6 is 15.9 Å². The maximum atomic E-state index is 11.8. The molecule has 1 saturated heterocycles. The van der Waals surface area contributed by atoms with Crippen molar-refractivity contribution >= 4 is 21.8 Å². The van der Waals surface area contributed by atoms with Crippen LogP contribution in [0.1, 0.15) is 13.8 Å². The second-order valence-electron chi connectivity index (χ2n) is 3.66. The van der Waals surface area contributed by atoms with Gasteiger partial charge in [0.1, 0.15) is 0 Å². The molecule has 0 aromatic carbocycles. The molecule has 0 unspecified atom stereocenters. The molecule has 1 rings (SSSR count). The van der Waals surface area contributed by atoms with Gasteiger partial charge in [0.2, 0.25) is 0 Å². The molecule has 0 aliphatic carbocycles. The van der Waals surface area contributed by atoms with E-state index in [1.54, 1.807) is 0 Å². The molecular weight excluding hydrogens is 246 g/mol. The molecule has 1 amide bonds. The van der Waals surface area contributed by atoms with E-state index in [1.165, 1.54) is 0 Å². The van der Waals surface area contributed by atoms with Gasteiger partial charge in [-0.15, -0.1) is 0 Å². The van der Waals surface area contributed by atoms with Gasteiger partial charge >= 0.3 is 0 Å². The number of carbonyl (C=O) groups is 1. The summed E-state index contributed by atoms with van der Waals surface area (Å²) in [5.41, 5.74) is 0. The van der Waals surface area contributed by atoms with Crippen molar-refractivity contribution in [3.05, 3.63) is 10.6 Å². The van der Waals surface area contributed by atoms with Crippen molar-refractivity contribution in [1.29, 1.82) is 0 Å². The van der Waals surface area contributed by atoms with Crippen LogP contribution in [0.3, 0.4) is 0 Å². The highest BCUT2D eigenvalue weighted by atomic mass is 79.9. The van der Waals surface area contributed by atoms with E-state index in [-0.39, 0.29) is 5.91 Å². The minimum atomic E-state index is 0.0713. The molecule has 0 N–H and O–H groups in total. The van der Waals surface area contributed by atoms with E-state index >= 15 is 0 Å². The van der Waals surface area contributed by atoms with Crippen LogP contribution in [0.2, 0.25) is 0 Å². The van der Waals surface area contributed by atoms with Crippen molar-refractivity contribution in [1.82, 2.24) is 4.90 Å². The molecule has 0 radical (unpaired) electrons. The van der Waals surface area contributed by atoms with Gasteiger partial charge in [-0.1, -0.05) is 19.9 Å². The van der Waals surface area contributed by atoms with E-state index < -0.39 is 0 Å². The number of carbonyl (C=O) groups excluding carboxylic acids is 1. The molecule has 3 nitrogen and oxygen atoms in total. The lowest BCUT2D eigenvalue weighted by molar-refractivity contribution is -0.130. The maximum Gasteiger partial charge on any atom is 0.260 e. The van der Waals surface area contributed by atoms with Crippen molar-refractivity contribution < 1.29 is 9.53 Å². The molecule has 0 atom stereocenters. The third-order valence-corrected chi connectivity index (χ3v) is 2.59. The summed E-state index contributed by atoms with van der Waals surface area (Å²) < 4.78 is 5.84. The van der Waals surface area contributed by atoms with Crippen LogP contribution in [0.4, 0.5) is 0 Å². The van der Waals surface area contributed by atoms with E-state index in [0.717, 1.165) is 0 Å². The average Bonchev–Trinajstić information content (AvgIpc) is 2.17. The summed E-state index contributed by atoms with van der Waals surface area (Å²) in [6.45, 7) is 6.78. The molecule has 0 aromatic rings. The first-order valence-electron chi connectivity index (χ1n) is 4.85. The summed E-state index contributed by atoms with van der Waals surface area (Å²) in [4.78, 5) is 13.6. The molecule has 1 aliphatic rings. The fraction of sp³-hybridized carbons (Fsp3) is 0.700. The second-order valence-corrected chi connectivity index (χ2v) is 4.52. The normalized spacial score (nSPS) is 18.9. The first-order valence-corrected chi connectivity index (χ1v) is 5.65. The number of ether oxygens (including phenoxy) is 1. The number of amides is 1. The van der Waals surface area contributed by atoms with E-state index in [0.29, 0.717) is 36.7 Å². The highest BCUT2D eigenvalue weighted by Crippen LogP contribution is 2.14. The summed E-state index contributed by atoms with van der Waals surface area (Å²) >= 11 is 3.31. The van der Waals surface area contributed by atoms with Gasteiger partial charge in [-0.3, -0.25) is 4.79 Å². The molecule has 14 heavy (non-hydrogen) atoms. The molecule has 80 valence electrons. The van der Waals surface area contributed by atoms with Gasteiger partial charge in [-0.25, -0.2) is 0 Å². The molecule has 0 spiro atoms. The monoisotopic (exact) mass is 261 g/mol. The van der Waals surface area contributed by atoms with Crippen molar-refractivity contribution in [2.24, 2.45) is 5.92 Å². The summed E-state index contributed by atoms with van der Waals surface area (Å²) in [6, 6.07) is 0. The van der Waals surface area contributed by atoms with Crippen LogP contribution in [0.15, 0.2) is 10.6 Å². The first-order chi connectivity index (χ1) is 6.61. The van der Waals surface area contributed by atoms with Gasteiger partial charge in [-0.2, -0.15) is 0 Å². The highest BCUT2D eigenvalue weighted by molar-refractivity contribution is 9.12. The summed E-state index contributed by atoms with van der Waals surface area (Å²) in [6.07, 6.45) is 1.93. The molecule has 1 heterocycles. The molecule has 0 saturated carbocycles. The Morgan fingerprint density at radius 3 is 2.50 bits per heavy atom. The lowest BCUT2D eigenvalue weighted by atomic mass is 10.2. The number of hydrogen-bond donors (Lipinski definition) is 0. The Kier molecular flexibility index (Phi) is 4.62. The lowest BCUT2D eigenvalue weighted by Gasteiger charge is -2.26. The van der Waals surface area contributed by atoms with Gasteiger partial charge in [0.05, 0.1) is 17.7 Å². The van der Waals surface area contributed by atoms with Crippen LogP contribution < -0.4 is 0 Å². The van der Waals surface area contributed by atoms with Crippen LogP contribution in [0.5, 0.6) is 0 Å². The zero-order valence-electron chi connectivity index (χ0n) is 8.62. The topological polar surface area (TPSA) is 29.5 Å². The quantitative estimate of drug-likeness (QED) is 0.710. The average molecular weight is 262 g/mol. The highest BCUT2D eigenvalue weighted by Gasteiger charge is 2.18. The molecule has 1 fully saturated rings. The number of morpholine rings is 1. The standard InChI is InChI=1S/C10H16BrNO2/c1-8(2)7-9(11)10(13)12-3-5-14-6-4-12/h7-8H,3-6H2,1-2H3/b9-7-. The minimum Gasteiger partial charge on any atom is -0.378 e. The third-order valence-electron chi connectivity index (χ3n) is 1.98. The van der Waals surface area contributed by atoms with Crippen molar-refractivity contribution in [2.45, 2.75) is 13.8 Å². The number of nitrogens with zero attached hydrogens (tertiary/aromatic N) is 1. The van der Waals surface area contributed by atoms with Gasteiger partial charge in [0, 0.05) is 13.1 Å². The Bertz CT molecular complexity index is 232. The zero-order valence-corrected chi connectivity index (χ0v) is 10.2. The number of rotatable bonds is 2. The van der Waals surface area contributed by atoms with Gasteiger partial charge < -0.3 is 9.64 Å². The fourth-order valence-corrected chi connectivity index (χ4v) is 2.06. The Morgan fingerprint density at radius 2 is 2.00 bits per heavy atom. The van der Waals surface area contributed by atoms with Crippen molar-refractivity contribution in [3.8, 4) is 0 Å². The largest absolute Gasteiger partial charge is 0.378 e. The minimum absolute atomic E-state index is 0.0713. The summed E-state index contributed by atoms with van der Waals surface area (Å²) in [5, 5.41) is 0. The Hall–Kier alpha value is -0.350. The van der Waals surface area contributed by atoms with Crippen LogP contribution in [-0.2, 0) is 9.53 Å². The second kappa shape index (κ2) is 5.51. The molecule has 1 aliphatic heterocycles. The van der Waals surface area contributed by atoms with Crippen LogP contribution in [0, 0.1) is 5.92 Å². The van der Waals surface area contributed by atoms with Gasteiger partial charge in [-0.05, 0) is 21.8 Å². The predicted octanol–water partition coefficient (Wildman–Crippen LogP) is 1.78.